The Hall–Kier alpha value is -2.53. The predicted molar refractivity (Wildman–Crippen MR) is 176 cm³/mol. The summed E-state index contributed by atoms with van der Waals surface area (Å²) in [4.78, 5) is 56.7. The molecule has 2 amide bonds. The van der Waals surface area contributed by atoms with Gasteiger partial charge in [-0.3, -0.25) is 19.6 Å². The van der Waals surface area contributed by atoms with Gasteiger partial charge in [0.15, 0.2) is 0 Å². The van der Waals surface area contributed by atoms with Crippen LogP contribution in [0.2, 0.25) is 0 Å². The first-order chi connectivity index (χ1) is 20.3. The summed E-state index contributed by atoms with van der Waals surface area (Å²) >= 11 is 0. The average molecular weight is 639 g/mol. The van der Waals surface area contributed by atoms with E-state index < -0.39 is 23.0 Å². The molecule has 0 fully saturated rings. The van der Waals surface area contributed by atoms with Crippen LogP contribution < -0.4 is 20.8 Å². The van der Waals surface area contributed by atoms with Gasteiger partial charge in [0.2, 0.25) is 0 Å². The fourth-order valence-electron chi connectivity index (χ4n) is 5.04. The Bertz CT molecular complexity index is 1140. The number of aliphatic carboxylic acids is 2. The first-order valence-corrected chi connectivity index (χ1v) is 16.0. The van der Waals surface area contributed by atoms with Gasteiger partial charge in [-0.1, -0.05) is 82.1 Å². The third-order valence-electron chi connectivity index (χ3n) is 8.70. The molecule has 2 unspecified atom stereocenters. The summed E-state index contributed by atoms with van der Waals surface area (Å²) < 4.78 is 0. The van der Waals surface area contributed by atoms with Gasteiger partial charge in [-0.2, -0.15) is 0 Å². The Labute approximate surface area is 286 Å². The standard InChI is InChI=1S/2C17H28N2O3.Mg/c2*1-7-8-9-12(13(10(2)3)15(20)21)14-18-16(22)17(6,19-14)11(4)5;/h2*10-11H,7-9H2,1-6H3,(H,20,21)(H,18,19,22);/q;;+2/p-2/b2*13-12-;. The summed E-state index contributed by atoms with van der Waals surface area (Å²) in [6.45, 7) is 22.6. The minimum absolute atomic E-state index is 0. The number of carbonyl (C=O) groups excluding carboxylic acids is 4. The monoisotopic (exact) mass is 638 g/mol. The molecule has 0 aromatic rings. The average Bonchev–Trinajstić information content (AvgIpc) is 3.39. The Morgan fingerprint density at radius 3 is 1.13 bits per heavy atom. The van der Waals surface area contributed by atoms with Crippen LogP contribution in [0.15, 0.2) is 32.3 Å². The van der Waals surface area contributed by atoms with E-state index in [1.54, 1.807) is 13.8 Å². The Morgan fingerprint density at radius 1 is 0.667 bits per heavy atom. The zero-order chi connectivity index (χ0) is 34.2. The number of amides is 2. The second-order valence-corrected chi connectivity index (χ2v) is 13.3. The number of hydrogen-bond donors (Lipinski definition) is 2. The molecular weight excluding hydrogens is 585 g/mol. The van der Waals surface area contributed by atoms with Crippen LogP contribution in [0.4, 0.5) is 0 Å². The summed E-state index contributed by atoms with van der Waals surface area (Å²) in [5.74, 6) is -2.23. The second kappa shape index (κ2) is 18.0. The maximum Gasteiger partial charge on any atom is 2.00 e. The van der Waals surface area contributed by atoms with Crippen molar-refractivity contribution < 1.29 is 29.4 Å². The normalized spacial score (nSPS) is 22.2. The molecular formula is C34H54MgN4O6. The second-order valence-electron chi connectivity index (χ2n) is 13.3. The van der Waals surface area contributed by atoms with Crippen molar-refractivity contribution in [1.29, 1.82) is 0 Å². The molecule has 0 aromatic heterocycles. The number of aliphatic imine (C=N–C) groups is 2. The number of amidine groups is 2. The quantitative estimate of drug-likeness (QED) is 0.219. The van der Waals surface area contributed by atoms with Crippen molar-refractivity contribution in [3.8, 4) is 0 Å². The summed E-state index contributed by atoms with van der Waals surface area (Å²) in [6, 6.07) is 0. The van der Waals surface area contributed by atoms with Crippen LogP contribution in [-0.4, -0.2) is 69.6 Å². The van der Waals surface area contributed by atoms with E-state index in [0.717, 1.165) is 25.7 Å². The van der Waals surface area contributed by atoms with E-state index in [0.29, 0.717) is 35.7 Å². The van der Waals surface area contributed by atoms with Gasteiger partial charge in [-0.15, -0.1) is 0 Å². The molecule has 2 aliphatic heterocycles. The Morgan fingerprint density at radius 2 is 0.956 bits per heavy atom. The van der Waals surface area contributed by atoms with E-state index in [1.807, 2.05) is 69.2 Å². The predicted octanol–water partition coefficient (Wildman–Crippen LogP) is 3.26. The van der Waals surface area contributed by atoms with Gasteiger partial charge < -0.3 is 30.4 Å². The first-order valence-electron chi connectivity index (χ1n) is 16.0. The van der Waals surface area contributed by atoms with E-state index in [-0.39, 0.29) is 69.7 Å². The Balaban J connectivity index is 0.000000842. The molecule has 11 heteroatoms. The molecule has 10 nitrogen and oxygen atoms in total. The third kappa shape index (κ3) is 10.2. The van der Waals surface area contributed by atoms with E-state index in [1.165, 1.54) is 0 Å². The van der Waals surface area contributed by atoms with Crippen LogP contribution >= 0.6 is 0 Å². The van der Waals surface area contributed by atoms with Gasteiger partial charge in [-0.25, -0.2) is 0 Å². The van der Waals surface area contributed by atoms with Gasteiger partial charge in [0.1, 0.15) is 22.7 Å². The van der Waals surface area contributed by atoms with Gasteiger partial charge in [-0.05, 0) is 85.5 Å². The van der Waals surface area contributed by atoms with Crippen molar-refractivity contribution in [3.63, 3.8) is 0 Å². The van der Waals surface area contributed by atoms with Crippen molar-refractivity contribution in [2.75, 3.05) is 0 Å². The summed E-state index contributed by atoms with van der Waals surface area (Å²) in [5.41, 5.74) is -0.00748. The van der Waals surface area contributed by atoms with E-state index >= 15 is 0 Å². The van der Waals surface area contributed by atoms with E-state index in [2.05, 4.69) is 20.6 Å². The summed E-state index contributed by atoms with van der Waals surface area (Å²) in [5, 5.41) is 28.7. The molecule has 0 aliphatic carbocycles. The summed E-state index contributed by atoms with van der Waals surface area (Å²) in [7, 11) is 0. The number of nitrogens with zero attached hydrogens (tertiary/aromatic N) is 2. The number of carboxylic acid groups (broad SMARTS) is 2. The van der Waals surface area contributed by atoms with Gasteiger partial charge in [0, 0.05) is 0 Å². The van der Waals surface area contributed by atoms with Crippen LogP contribution in [0.3, 0.4) is 0 Å². The van der Waals surface area contributed by atoms with Gasteiger partial charge in [0.05, 0.1) is 11.9 Å². The molecule has 2 rings (SSSR count). The van der Waals surface area contributed by atoms with Crippen molar-refractivity contribution in [1.82, 2.24) is 10.6 Å². The number of carbonyl (C=O) groups is 4. The molecule has 0 aromatic carbocycles. The zero-order valence-corrected chi connectivity index (χ0v) is 31.0. The van der Waals surface area contributed by atoms with Crippen molar-refractivity contribution >= 4 is 58.5 Å². The maximum atomic E-state index is 12.3. The van der Waals surface area contributed by atoms with E-state index in [4.69, 9.17) is 0 Å². The van der Waals surface area contributed by atoms with Crippen LogP contribution in [0.5, 0.6) is 0 Å². The number of hydrogen-bond acceptors (Lipinski definition) is 8. The fourth-order valence-corrected chi connectivity index (χ4v) is 5.04. The first kappa shape index (κ1) is 42.5. The largest absolute Gasteiger partial charge is 2.00 e. The SMILES string of the molecule is CCCC/C(C1=NC(C)(C(C)C)C(=O)N1)=C(/C(=O)[O-])C(C)C.CCCC/C(C1=NC(C)(C(C)C)C(=O)N1)=C(/C(=O)[O-])C(C)C.[Mg+2]. The number of carboxylic acids is 2. The molecule has 45 heavy (non-hydrogen) atoms. The maximum absolute atomic E-state index is 12.3. The Kier molecular flexibility index (Phi) is 17.0. The molecule has 2 atom stereocenters. The summed E-state index contributed by atoms with van der Waals surface area (Å²) in [6.07, 6.45) is 4.70. The number of nitrogens with one attached hydrogen (secondary N) is 2. The van der Waals surface area contributed by atoms with Crippen molar-refractivity contribution in [2.24, 2.45) is 33.7 Å². The molecule has 2 heterocycles. The molecule has 0 radical (unpaired) electrons. The zero-order valence-electron chi connectivity index (χ0n) is 29.6. The third-order valence-corrected chi connectivity index (χ3v) is 8.70. The molecule has 0 saturated heterocycles. The molecule has 0 saturated carbocycles. The van der Waals surface area contributed by atoms with Crippen molar-refractivity contribution in [3.05, 3.63) is 22.3 Å². The molecule has 2 N–H and O–H groups in total. The van der Waals surface area contributed by atoms with Gasteiger partial charge in [0.25, 0.3) is 11.8 Å². The van der Waals surface area contributed by atoms with Crippen LogP contribution in [0, 0.1) is 23.7 Å². The van der Waals surface area contributed by atoms with E-state index in [9.17, 15) is 29.4 Å². The number of rotatable bonds is 14. The minimum atomic E-state index is -1.18. The van der Waals surface area contributed by atoms with Crippen LogP contribution in [0.25, 0.3) is 0 Å². The fraction of sp³-hybridized carbons (Fsp3) is 0.706. The van der Waals surface area contributed by atoms with Gasteiger partial charge >= 0.3 is 23.1 Å². The minimum Gasteiger partial charge on any atom is -0.545 e. The molecule has 248 valence electrons. The van der Waals surface area contributed by atoms with Crippen LogP contribution in [-0.2, 0) is 19.2 Å². The molecule has 0 spiro atoms. The van der Waals surface area contributed by atoms with Crippen molar-refractivity contribution in [2.45, 2.75) is 133 Å². The molecule has 2 aliphatic rings. The molecule has 0 bridgehead atoms. The number of unbranched alkanes of at least 4 members (excludes halogenated alkanes) is 2. The van der Waals surface area contributed by atoms with Crippen LogP contribution in [0.1, 0.15) is 122 Å². The smallest absolute Gasteiger partial charge is 0.545 e. The topological polar surface area (TPSA) is 163 Å².